The molecule has 5 nitrogen and oxygen atoms in total. The van der Waals surface area contributed by atoms with E-state index in [1.807, 2.05) is 51.9 Å². The Morgan fingerprint density at radius 2 is 1.87 bits per heavy atom. The van der Waals surface area contributed by atoms with Crippen LogP contribution in [0.1, 0.15) is 50.4 Å². The molecule has 126 valence electrons. The van der Waals surface area contributed by atoms with Crippen LogP contribution in [-0.2, 0) is 4.79 Å². The Morgan fingerprint density at radius 3 is 2.39 bits per heavy atom. The van der Waals surface area contributed by atoms with Gasteiger partial charge in [-0.15, -0.1) is 0 Å². The Kier molecular flexibility index (Phi) is 4.97. The van der Waals surface area contributed by atoms with E-state index in [2.05, 4.69) is 10.6 Å². The molecule has 1 aromatic carbocycles. The lowest BCUT2D eigenvalue weighted by molar-refractivity contribution is -0.117. The fourth-order valence-electron chi connectivity index (χ4n) is 2.36. The minimum atomic E-state index is -0.0804. The van der Waals surface area contributed by atoms with Crippen LogP contribution >= 0.6 is 0 Å². The lowest BCUT2D eigenvalue weighted by Crippen LogP contribution is -2.28. The molecule has 1 saturated carbocycles. The molecular weight excluding hydrogens is 290 g/mol. The van der Waals surface area contributed by atoms with Crippen molar-refractivity contribution in [1.82, 2.24) is 5.32 Å². The van der Waals surface area contributed by atoms with Gasteiger partial charge in [0.15, 0.2) is 0 Å². The molecule has 0 aliphatic heterocycles. The SMILES string of the molecule is CN(C)c1ccc(NC(=O)CC(C)(C)C)cc1C(=O)NC1CC1. The lowest BCUT2D eigenvalue weighted by Gasteiger charge is -2.20. The number of amides is 2. The first-order valence-electron chi connectivity index (χ1n) is 8.08. The van der Waals surface area contributed by atoms with Crippen LogP contribution in [-0.4, -0.2) is 32.0 Å². The molecule has 2 rings (SSSR count). The molecule has 0 aromatic heterocycles. The molecule has 2 N–H and O–H groups in total. The number of nitrogens with one attached hydrogen (secondary N) is 2. The smallest absolute Gasteiger partial charge is 0.253 e. The Balaban J connectivity index is 2.18. The maximum Gasteiger partial charge on any atom is 0.253 e. The second-order valence-corrected chi connectivity index (χ2v) is 7.66. The van der Waals surface area contributed by atoms with Gasteiger partial charge in [0.05, 0.1) is 5.56 Å². The highest BCUT2D eigenvalue weighted by atomic mass is 16.2. The molecule has 2 amide bonds. The fraction of sp³-hybridized carbons (Fsp3) is 0.556. The van der Waals surface area contributed by atoms with Gasteiger partial charge in [-0.05, 0) is 36.5 Å². The predicted octanol–water partition coefficient (Wildman–Crippen LogP) is 3.02. The van der Waals surface area contributed by atoms with Crippen molar-refractivity contribution in [1.29, 1.82) is 0 Å². The Bertz CT molecular complexity index is 599. The molecule has 0 radical (unpaired) electrons. The molecule has 1 aliphatic rings. The summed E-state index contributed by atoms with van der Waals surface area (Å²) in [6.07, 6.45) is 2.53. The van der Waals surface area contributed by atoms with Gasteiger partial charge < -0.3 is 15.5 Å². The molecule has 0 bridgehead atoms. The molecule has 1 fully saturated rings. The standard InChI is InChI=1S/C18H27N3O2/c1-18(2,3)11-16(22)19-13-8-9-15(21(4)5)14(10-13)17(23)20-12-6-7-12/h8-10,12H,6-7,11H2,1-5H3,(H,19,22)(H,20,23). The van der Waals surface area contributed by atoms with E-state index >= 15 is 0 Å². The number of hydrogen-bond acceptors (Lipinski definition) is 3. The van der Waals surface area contributed by atoms with Gasteiger partial charge in [-0.1, -0.05) is 20.8 Å². The second-order valence-electron chi connectivity index (χ2n) is 7.66. The zero-order chi connectivity index (χ0) is 17.2. The van der Waals surface area contributed by atoms with Crippen LogP contribution in [0.25, 0.3) is 0 Å². The van der Waals surface area contributed by atoms with Gasteiger partial charge in [-0.25, -0.2) is 0 Å². The topological polar surface area (TPSA) is 61.4 Å². The minimum absolute atomic E-state index is 0.0383. The Labute approximate surface area is 138 Å². The van der Waals surface area contributed by atoms with Crippen LogP contribution < -0.4 is 15.5 Å². The van der Waals surface area contributed by atoms with Crippen molar-refractivity contribution < 1.29 is 9.59 Å². The maximum absolute atomic E-state index is 12.4. The summed E-state index contributed by atoms with van der Waals surface area (Å²) in [7, 11) is 3.81. The van der Waals surface area contributed by atoms with Crippen molar-refractivity contribution in [3.8, 4) is 0 Å². The van der Waals surface area contributed by atoms with Gasteiger partial charge in [0.2, 0.25) is 5.91 Å². The van der Waals surface area contributed by atoms with Gasteiger partial charge in [0.25, 0.3) is 5.91 Å². The Morgan fingerprint density at radius 1 is 1.22 bits per heavy atom. The van der Waals surface area contributed by atoms with Crippen molar-refractivity contribution in [2.75, 3.05) is 24.3 Å². The molecule has 0 spiro atoms. The number of carbonyl (C=O) groups excluding carboxylic acids is 2. The van der Waals surface area contributed by atoms with Gasteiger partial charge >= 0.3 is 0 Å². The quantitative estimate of drug-likeness (QED) is 0.877. The zero-order valence-corrected chi connectivity index (χ0v) is 14.7. The summed E-state index contributed by atoms with van der Waals surface area (Å²) in [5, 5.41) is 5.90. The minimum Gasteiger partial charge on any atom is -0.377 e. The summed E-state index contributed by atoms with van der Waals surface area (Å²) in [4.78, 5) is 26.4. The molecule has 1 aromatic rings. The predicted molar refractivity (Wildman–Crippen MR) is 94.0 cm³/mol. The van der Waals surface area contributed by atoms with E-state index in [-0.39, 0.29) is 17.2 Å². The molecular formula is C18H27N3O2. The fourth-order valence-corrected chi connectivity index (χ4v) is 2.36. The van der Waals surface area contributed by atoms with Crippen molar-refractivity contribution in [3.63, 3.8) is 0 Å². The number of nitrogens with zero attached hydrogens (tertiary/aromatic N) is 1. The number of benzene rings is 1. The van der Waals surface area contributed by atoms with Crippen LogP contribution in [0.5, 0.6) is 0 Å². The van der Waals surface area contributed by atoms with Crippen LogP contribution in [0.4, 0.5) is 11.4 Å². The monoisotopic (exact) mass is 317 g/mol. The molecule has 0 unspecified atom stereocenters. The molecule has 0 heterocycles. The van der Waals surface area contributed by atoms with Crippen LogP contribution in [0, 0.1) is 5.41 Å². The van der Waals surface area contributed by atoms with Gasteiger partial charge in [0.1, 0.15) is 0 Å². The first-order chi connectivity index (χ1) is 10.7. The van der Waals surface area contributed by atoms with Crippen LogP contribution in [0.3, 0.4) is 0 Å². The molecule has 23 heavy (non-hydrogen) atoms. The van der Waals surface area contributed by atoms with Crippen LogP contribution in [0.2, 0.25) is 0 Å². The number of rotatable bonds is 5. The first kappa shape index (κ1) is 17.3. The average molecular weight is 317 g/mol. The van der Waals surface area contributed by atoms with E-state index in [0.717, 1.165) is 18.5 Å². The van der Waals surface area contributed by atoms with E-state index in [0.29, 0.717) is 23.7 Å². The maximum atomic E-state index is 12.4. The number of carbonyl (C=O) groups is 2. The van der Waals surface area contributed by atoms with Gasteiger partial charge in [-0.2, -0.15) is 0 Å². The second kappa shape index (κ2) is 6.60. The lowest BCUT2D eigenvalue weighted by atomic mass is 9.92. The number of hydrogen-bond donors (Lipinski definition) is 2. The highest BCUT2D eigenvalue weighted by Crippen LogP contribution is 2.26. The summed E-state index contributed by atoms with van der Waals surface area (Å²) >= 11 is 0. The van der Waals surface area contributed by atoms with E-state index in [1.54, 1.807) is 6.07 Å². The molecule has 0 saturated heterocycles. The van der Waals surface area contributed by atoms with E-state index < -0.39 is 0 Å². The highest BCUT2D eigenvalue weighted by molar-refractivity contribution is 6.02. The summed E-state index contributed by atoms with van der Waals surface area (Å²) < 4.78 is 0. The summed E-state index contributed by atoms with van der Waals surface area (Å²) in [5.74, 6) is -0.119. The summed E-state index contributed by atoms with van der Waals surface area (Å²) in [5.41, 5.74) is 2.03. The van der Waals surface area contributed by atoms with Crippen LogP contribution in [0.15, 0.2) is 18.2 Å². The zero-order valence-electron chi connectivity index (χ0n) is 14.7. The van der Waals surface area contributed by atoms with E-state index in [4.69, 9.17) is 0 Å². The molecule has 0 atom stereocenters. The molecule has 1 aliphatic carbocycles. The normalized spacial score (nSPS) is 14.3. The third-order valence-electron chi connectivity index (χ3n) is 3.61. The average Bonchev–Trinajstić information content (AvgIpc) is 3.19. The first-order valence-corrected chi connectivity index (χ1v) is 8.08. The molecule has 5 heteroatoms. The van der Waals surface area contributed by atoms with Crippen molar-refractivity contribution in [2.45, 2.75) is 46.1 Å². The van der Waals surface area contributed by atoms with Gasteiger partial charge in [0, 0.05) is 37.9 Å². The number of anilines is 2. The van der Waals surface area contributed by atoms with Crippen molar-refractivity contribution >= 4 is 23.2 Å². The third-order valence-corrected chi connectivity index (χ3v) is 3.61. The summed E-state index contributed by atoms with van der Waals surface area (Å²) in [6, 6.07) is 5.77. The Hall–Kier alpha value is -2.04. The van der Waals surface area contributed by atoms with Crippen molar-refractivity contribution in [3.05, 3.63) is 23.8 Å². The van der Waals surface area contributed by atoms with Crippen molar-refractivity contribution in [2.24, 2.45) is 5.41 Å². The highest BCUT2D eigenvalue weighted by Gasteiger charge is 2.25. The largest absolute Gasteiger partial charge is 0.377 e. The van der Waals surface area contributed by atoms with E-state index in [1.165, 1.54) is 0 Å². The van der Waals surface area contributed by atoms with E-state index in [9.17, 15) is 9.59 Å². The third kappa shape index (κ3) is 5.27. The van der Waals surface area contributed by atoms with Gasteiger partial charge in [-0.3, -0.25) is 9.59 Å². The summed E-state index contributed by atoms with van der Waals surface area (Å²) in [6.45, 7) is 6.07.